The Morgan fingerprint density at radius 1 is 1.19 bits per heavy atom. The molecule has 7 nitrogen and oxygen atoms in total. The van der Waals surface area contributed by atoms with Crippen LogP contribution in [0, 0.1) is 23.1 Å². The van der Waals surface area contributed by atoms with Gasteiger partial charge in [-0.3, -0.25) is 14.4 Å². The second-order valence-electron chi connectivity index (χ2n) is 11.0. The molecular weight excluding hydrogens is 459 g/mol. The predicted octanol–water partition coefficient (Wildman–Crippen LogP) is 3.95. The molecule has 0 radical (unpaired) electrons. The number of amides is 3. The molecule has 3 aliphatic heterocycles. The van der Waals surface area contributed by atoms with Gasteiger partial charge in [0.05, 0.1) is 17.0 Å². The molecule has 0 aliphatic carbocycles. The SMILES string of the molecule is CC(C)C[C@@H](C(=O)N1C[C@]2(C[C@H]1C#N)C(=O)Nc1ccccc12)N1C(=O)c2ccc(F)cc2C1(C)C. The second kappa shape index (κ2) is 8.16. The fraction of sp³-hybridized carbons (Fsp3) is 0.429. The standard InChI is InChI=1S/C28H29FN4O3/c1-16(2)11-23(33-24(34)19-10-9-17(29)12-21(19)27(33,3)4)25(35)32-15-28(13-18(32)14-30)20-7-5-6-8-22(20)31-26(28)36/h5-10,12,16,18,23H,11,13,15H2,1-4H3,(H,31,36)/t18-,23-,28-/m0/s1. The van der Waals surface area contributed by atoms with Crippen LogP contribution < -0.4 is 5.32 Å². The van der Waals surface area contributed by atoms with Gasteiger partial charge in [0.25, 0.3) is 5.91 Å². The Labute approximate surface area is 209 Å². The number of nitrogens with zero attached hydrogens (tertiary/aromatic N) is 3. The van der Waals surface area contributed by atoms with E-state index in [0.29, 0.717) is 23.2 Å². The molecule has 3 aliphatic rings. The maximum Gasteiger partial charge on any atom is 0.255 e. The third kappa shape index (κ3) is 3.33. The minimum absolute atomic E-state index is 0.0610. The first-order chi connectivity index (χ1) is 17.0. The number of para-hydroxylation sites is 1. The molecule has 0 saturated carbocycles. The molecule has 0 aromatic heterocycles. The van der Waals surface area contributed by atoms with Crippen molar-refractivity contribution in [1.29, 1.82) is 5.26 Å². The Balaban J connectivity index is 1.54. The summed E-state index contributed by atoms with van der Waals surface area (Å²) in [5.74, 6) is -1.30. The molecule has 186 valence electrons. The van der Waals surface area contributed by atoms with E-state index in [9.17, 15) is 24.0 Å². The maximum atomic E-state index is 14.2. The molecule has 3 atom stereocenters. The molecule has 1 spiro atoms. The largest absolute Gasteiger partial charge is 0.325 e. The molecule has 2 aromatic carbocycles. The average molecular weight is 489 g/mol. The van der Waals surface area contributed by atoms with E-state index in [1.165, 1.54) is 23.1 Å². The van der Waals surface area contributed by atoms with Crippen LogP contribution in [0.15, 0.2) is 42.5 Å². The van der Waals surface area contributed by atoms with Crippen molar-refractivity contribution in [3.05, 3.63) is 65.0 Å². The molecule has 3 amide bonds. The van der Waals surface area contributed by atoms with Crippen molar-refractivity contribution < 1.29 is 18.8 Å². The number of nitriles is 1. The molecule has 5 rings (SSSR count). The summed E-state index contributed by atoms with van der Waals surface area (Å²) in [5.41, 5.74) is 0.452. The molecule has 8 heteroatoms. The van der Waals surface area contributed by atoms with Crippen LogP contribution in [0.1, 0.15) is 62.0 Å². The summed E-state index contributed by atoms with van der Waals surface area (Å²) in [5, 5.41) is 12.9. The van der Waals surface area contributed by atoms with Crippen molar-refractivity contribution >= 4 is 23.4 Å². The highest BCUT2D eigenvalue weighted by Gasteiger charge is 2.58. The number of hydrogen-bond donors (Lipinski definition) is 1. The molecule has 36 heavy (non-hydrogen) atoms. The summed E-state index contributed by atoms with van der Waals surface area (Å²) in [6.45, 7) is 7.62. The van der Waals surface area contributed by atoms with Gasteiger partial charge in [-0.2, -0.15) is 5.26 Å². The van der Waals surface area contributed by atoms with Crippen molar-refractivity contribution in [3.8, 4) is 6.07 Å². The van der Waals surface area contributed by atoms with Gasteiger partial charge >= 0.3 is 0 Å². The van der Waals surface area contributed by atoms with Crippen LogP contribution in [0.4, 0.5) is 10.1 Å². The van der Waals surface area contributed by atoms with Crippen molar-refractivity contribution in [2.45, 2.75) is 63.6 Å². The fourth-order valence-electron chi connectivity index (χ4n) is 6.19. The zero-order valence-corrected chi connectivity index (χ0v) is 20.8. The number of anilines is 1. The second-order valence-corrected chi connectivity index (χ2v) is 11.0. The minimum Gasteiger partial charge on any atom is -0.325 e. The zero-order valence-electron chi connectivity index (χ0n) is 20.8. The number of carbonyl (C=O) groups is 3. The number of fused-ring (bicyclic) bond motifs is 3. The molecular formula is C28H29FN4O3. The van der Waals surface area contributed by atoms with Crippen LogP contribution in [0.5, 0.6) is 0 Å². The Morgan fingerprint density at radius 2 is 1.92 bits per heavy atom. The monoisotopic (exact) mass is 488 g/mol. The molecule has 2 aromatic rings. The van der Waals surface area contributed by atoms with Crippen molar-refractivity contribution in [1.82, 2.24) is 9.80 Å². The van der Waals surface area contributed by atoms with Crippen LogP contribution >= 0.6 is 0 Å². The van der Waals surface area contributed by atoms with Gasteiger partial charge in [-0.25, -0.2) is 4.39 Å². The van der Waals surface area contributed by atoms with E-state index >= 15 is 0 Å². The quantitative estimate of drug-likeness (QED) is 0.705. The topological polar surface area (TPSA) is 93.5 Å². The van der Waals surface area contributed by atoms with Crippen LogP contribution in [-0.2, 0) is 20.5 Å². The van der Waals surface area contributed by atoms with Gasteiger partial charge in [-0.05, 0) is 61.6 Å². The molecule has 1 N–H and O–H groups in total. The fourth-order valence-corrected chi connectivity index (χ4v) is 6.19. The highest BCUT2D eigenvalue weighted by Crippen LogP contribution is 2.47. The van der Waals surface area contributed by atoms with Crippen molar-refractivity contribution in [3.63, 3.8) is 0 Å². The summed E-state index contributed by atoms with van der Waals surface area (Å²) in [4.78, 5) is 44.0. The summed E-state index contributed by atoms with van der Waals surface area (Å²) < 4.78 is 14.1. The Bertz CT molecular complexity index is 1330. The van der Waals surface area contributed by atoms with E-state index in [0.717, 1.165) is 5.56 Å². The van der Waals surface area contributed by atoms with E-state index < -0.39 is 28.9 Å². The number of halogens is 1. The van der Waals surface area contributed by atoms with Crippen molar-refractivity contribution in [2.24, 2.45) is 5.92 Å². The Morgan fingerprint density at radius 3 is 2.61 bits per heavy atom. The highest BCUT2D eigenvalue weighted by molar-refractivity contribution is 6.08. The third-order valence-electron chi connectivity index (χ3n) is 7.90. The van der Waals surface area contributed by atoms with E-state index in [-0.39, 0.29) is 36.6 Å². The lowest BCUT2D eigenvalue weighted by molar-refractivity contribution is -0.139. The van der Waals surface area contributed by atoms with E-state index in [1.54, 1.807) is 4.90 Å². The summed E-state index contributed by atoms with van der Waals surface area (Å²) in [6, 6.07) is 12.0. The third-order valence-corrected chi connectivity index (χ3v) is 7.90. The van der Waals surface area contributed by atoms with Gasteiger partial charge in [0, 0.05) is 24.2 Å². The first-order valence-corrected chi connectivity index (χ1v) is 12.3. The van der Waals surface area contributed by atoms with Gasteiger partial charge in [-0.1, -0.05) is 32.0 Å². The predicted molar refractivity (Wildman–Crippen MR) is 131 cm³/mol. The summed E-state index contributed by atoms with van der Waals surface area (Å²) in [7, 11) is 0. The van der Waals surface area contributed by atoms with Gasteiger partial charge in [0.15, 0.2) is 0 Å². The number of nitrogens with one attached hydrogen (secondary N) is 1. The average Bonchev–Trinajstić information content (AvgIpc) is 3.41. The van der Waals surface area contributed by atoms with Gasteiger partial charge in [0.2, 0.25) is 11.8 Å². The smallest absolute Gasteiger partial charge is 0.255 e. The van der Waals surface area contributed by atoms with Crippen LogP contribution in [0.25, 0.3) is 0 Å². The molecule has 0 bridgehead atoms. The molecule has 1 fully saturated rings. The van der Waals surface area contributed by atoms with E-state index in [1.807, 2.05) is 52.0 Å². The van der Waals surface area contributed by atoms with Gasteiger partial charge in [-0.15, -0.1) is 0 Å². The van der Waals surface area contributed by atoms with Gasteiger partial charge < -0.3 is 15.1 Å². The van der Waals surface area contributed by atoms with Crippen LogP contribution in [0.2, 0.25) is 0 Å². The Kier molecular flexibility index (Phi) is 5.43. The number of carbonyl (C=O) groups excluding carboxylic acids is 3. The number of likely N-dealkylation sites (tertiary alicyclic amines) is 1. The molecule has 0 unspecified atom stereocenters. The zero-order chi connectivity index (χ0) is 26.0. The number of rotatable bonds is 4. The molecule has 1 saturated heterocycles. The maximum absolute atomic E-state index is 14.2. The first kappa shape index (κ1) is 24.0. The van der Waals surface area contributed by atoms with Crippen LogP contribution in [0.3, 0.4) is 0 Å². The van der Waals surface area contributed by atoms with Gasteiger partial charge in [0.1, 0.15) is 17.9 Å². The normalized spacial score (nSPS) is 24.6. The summed E-state index contributed by atoms with van der Waals surface area (Å²) >= 11 is 0. The Hall–Kier alpha value is -3.73. The lowest BCUT2D eigenvalue weighted by Crippen LogP contribution is -2.56. The lowest BCUT2D eigenvalue weighted by Gasteiger charge is -2.41. The van der Waals surface area contributed by atoms with E-state index in [2.05, 4.69) is 11.4 Å². The lowest BCUT2D eigenvalue weighted by atomic mass is 9.80. The highest BCUT2D eigenvalue weighted by atomic mass is 19.1. The van der Waals surface area contributed by atoms with Crippen molar-refractivity contribution in [2.75, 3.05) is 11.9 Å². The summed E-state index contributed by atoms with van der Waals surface area (Å²) in [6.07, 6.45) is 0.560. The minimum atomic E-state index is -1.01. The first-order valence-electron chi connectivity index (χ1n) is 12.3. The molecule has 3 heterocycles. The van der Waals surface area contributed by atoms with E-state index in [4.69, 9.17) is 0 Å². The van der Waals surface area contributed by atoms with Crippen LogP contribution in [-0.4, -0.2) is 46.1 Å². The number of hydrogen-bond acceptors (Lipinski definition) is 4. The number of benzene rings is 2.